The zero-order valence-electron chi connectivity index (χ0n) is 24.7. The molecule has 0 saturated heterocycles. The number of carbonyl (C=O) groups is 2. The molecule has 5 rings (SSSR count). The van der Waals surface area contributed by atoms with E-state index in [1.165, 1.54) is 0 Å². The molecule has 0 spiro atoms. The summed E-state index contributed by atoms with van der Waals surface area (Å²) in [5, 5.41) is 21.5. The van der Waals surface area contributed by atoms with E-state index in [1.807, 2.05) is 20.8 Å². The quantitative estimate of drug-likeness (QED) is 0.401. The van der Waals surface area contributed by atoms with Crippen LogP contribution in [0.1, 0.15) is 120 Å². The normalized spacial score (nSPS) is 53.3. The Balaban J connectivity index is 1.61. The van der Waals surface area contributed by atoms with Gasteiger partial charge < -0.3 is 14.9 Å². The van der Waals surface area contributed by atoms with Crippen LogP contribution < -0.4 is 0 Å². The van der Waals surface area contributed by atoms with Crippen LogP contribution in [0.15, 0.2) is 0 Å². The van der Waals surface area contributed by atoms with Crippen molar-refractivity contribution in [3.8, 4) is 0 Å². The molecule has 5 saturated carbocycles. The Bertz CT molecular complexity index is 969. The Morgan fingerprint density at radius 1 is 0.838 bits per heavy atom. The first kappa shape index (κ1) is 27.5. The minimum Gasteiger partial charge on any atom is -0.481 e. The molecule has 0 aromatic carbocycles. The average Bonchev–Trinajstić information content (AvgIpc) is 3.11. The molecule has 2 N–H and O–H groups in total. The fourth-order valence-electron chi connectivity index (χ4n) is 12.4. The van der Waals surface area contributed by atoms with Crippen molar-refractivity contribution in [3.05, 3.63) is 0 Å². The Hall–Kier alpha value is -1.10. The summed E-state index contributed by atoms with van der Waals surface area (Å²) in [6.45, 7) is 17.3. The molecular formula is C32H52O5. The molecule has 0 aliphatic heterocycles. The predicted octanol–water partition coefficient (Wildman–Crippen LogP) is 6.86. The van der Waals surface area contributed by atoms with Crippen LogP contribution in [0.4, 0.5) is 0 Å². The van der Waals surface area contributed by atoms with E-state index in [0.29, 0.717) is 17.8 Å². The zero-order valence-corrected chi connectivity index (χ0v) is 24.7. The van der Waals surface area contributed by atoms with Gasteiger partial charge in [-0.3, -0.25) is 9.59 Å². The van der Waals surface area contributed by atoms with Gasteiger partial charge in [-0.1, -0.05) is 34.1 Å². The number of hydrogen-bond acceptors (Lipinski definition) is 4. The lowest BCUT2D eigenvalue weighted by molar-refractivity contribution is -0.279. The number of carboxylic acid groups (broad SMARTS) is 1. The van der Waals surface area contributed by atoms with Gasteiger partial charge in [0.05, 0.1) is 11.0 Å². The molecule has 37 heavy (non-hydrogen) atoms. The number of carbonyl (C=O) groups excluding carboxylic acids is 1. The minimum atomic E-state index is -0.743. The van der Waals surface area contributed by atoms with Crippen molar-refractivity contribution in [1.82, 2.24) is 0 Å². The van der Waals surface area contributed by atoms with Crippen LogP contribution in [-0.2, 0) is 14.3 Å². The molecule has 11 atom stereocenters. The topological polar surface area (TPSA) is 83.8 Å². The zero-order chi connectivity index (χ0) is 27.4. The number of esters is 1. The van der Waals surface area contributed by atoms with Crippen LogP contribution in [0, 0.1) is 56.7 Å². The summed E-state index contributed by atoms with van der Waals surface area (Å²) in [6.07, 6.45) is 9.83. The first-order valence-electron chi connectivity index (χ1n) is 15.1. The van der Waals surface area contributed by atoms with Crippen molar-refractivity contribution in [2.75, 3.05) is 0 Å². The SMILES string of the molecule is CC(=O)O[C@H]1C[C@H]2[C@@H](C(C)(C)O)CC[C@]2(C)[C@H]2CC[C@@H]3[C@@]4(C)CCC[C@](C)(C(=O)O)[C@@H]4CC[C@@]3(C)[C@]12C. The fourth-order valence-corrected chi connectivity index (χ4v) is 12.4. The van der Waals surface area contributed by atoms with Crippen molar-refractivity contribution in [1.29, 1.82) is 0 Å². The van der Waals surface area contributed by atoms with E-state index in [2.05, 4.69) is 27.7 Å². The number of ether oxygens (including phenoxy) is 1. The second-order valence-corrected chi connectivity index (χ2v) is 15.8. The average molecular weight is 517 g/mol. The van der Waals surface area contributed by atoms with Crippen molar-refractivity contribution in [2.24, 2.45) is 56.7 Å². The number of rotatable bonds is 3. The van der Waals surface area contributed by atoms with E-state index in [-0.39, 0.29) is 45.6 Å². The molecule has 0 bridgehead atoms. The molecule has 5 nitrogen and oxygen atoms in total. The van der Waals surface area contributed by atoms with Gasteiger partial charge in [0.25, 0.3) is 0 Å². The Kier molecular flexibility index (Phi) is 6.09. The van der Waals surface area contributed by atoms with Gasteiger partial charge in [-0.15, -0.1) is 0 Å². The lowest BCUT2D eigenvalue weighted by Gasteiger charge is -2.73. The molecule has 0 heterocycles. The van der Waals surface area contributed by atoms with Crippen LogP contribution in [0.2, 0.25) is 0 Å². The van der Waals surface area contributed by atoms with Crippen LogP contribution >= 0.6 is 0 Å². The highest BCUT2D eigenvalue weighted by atomic mass is 16.5. The first-order valence-corrected chi connectivity index (χ1v) is 15.1. The number of aliphatic hydroxyl groups is 1. The predicted molar refractivity (Wildman–Crippen MR) is 144 cm³/mol. The third kappa shape index (κ3) is 3.43. The van der Waals surface area contributed by atoms with Gasteiger partial charge in [0.1, 0.15) is 6.10 Å². The van der Waals surface area contributed by atoms with Crippen molar-refractivity contribution < 1.29 is 24.5 Å². The molecule has 0 unspecified atom stereocenters. The summed E-state index contributed by atoms with van der Waals surface area (Å²) in [5.41, 5.74) is -1.51. The maximum atomic E-state index is 12.6. The molecule has 0 aromatic heterocycles. The summed E-state index contributed by atoms with van der Waals surface area (Å²) in [6, 6.07) is 0. The lowest BCUT2D eigenvalue weighted by atomic mass is 9.31. The number of aliphatic carboxylic acids is 1. The van der Waals surface area contributed by atoms with E-state index in [1.54, 1.807) is 6.92 Å². The molecule has 5 heteroatoms. The summed E-state index contributed by atoms with van der Waals surface area (Å²) < 4.78 is 6.33. The van der Waals surface area contributed by atoms with E-state index in [0.717, 1.165) is 64.2 Å². The Morgan fingerprint density at radius 2 is 1.49 bits per heavy atom. The Labute approximate surface area is 224 Å². The van der Waals surface area contributed by atoms with Crippen molar-refractivity contribution in [2.45, 2.75) is 131 Å². The largest absolute Gasteiger partial charge is 0.481 e. The molecule has 0 aromatic rings. The first-order chi connectivity index (χ1) is 17.0. The van der Waals surface area contributed by atoms with Gasteiger partial charge >= 0.3 is 11.9 Å². The van der Waals surface area contributed by atoms with Crippen LogP contribution in [0.25, 0.3) is 0 Å². The second-order valence-electron chi connectivity index (χ2n) is 15.8. The fraction of sp³-hybridized carbons (Fsp3) is 0.938. The Morgan fingerprint density at radius 3 is 2.08 bits per heavy atom. The molecular weight excluding hydrogens is 464 g/mol. The summed E-state index contributed by atoms with van der Waals surface area (Å²) in [5.74, 6) is 0.763. The maximum absolute atomic E-state index is 12.6. The third-order valence-corrected chi connectivity index (χ3v) is 14.2. The van der Waals surface area contributed by atoms with E-state index in [4.69, 9.17) is 4.74 Å². The number of carboxylic acids is 1. The highest BCUT2D eigenvalue weighted by Crippen LogP contribution is 2.78. The van der Waals surface area contributed by atoms with E-state index in [9.17, 15) is 19.8 Å². The molecule has 5 aliphatic rings. The van der Waals surface area contributed by atoms with Gasteiger partial charge in [-0.25, -0.2) is 0 Å². The number of fused-ring (bicyclic) bond motifs is 7. The summed E-state index contributed by atoms with van der Waals surface area (Å²) >= 11 is 0. The van der Waals surface area contributed by atoms with Crippen LogP contribution in [-0.4, -0.2) is 33.9 Å². The molecule has 5 aliphatic carbocycles. The second kappa shape index (κ2) is 8.21. The summed E-state index contributed by atoms with van der Waals surface area (Å²) in [7, 11) is 0. The van der Waals surface area contributed by atoms with Gasteiger partial charge in [0.2, 0.25) is 0 Å². The van der Waals surface area contributed by atoms with Gasteiger partial charge in [-0.05, 0) is 124 Å². The third-order valence-electron chi connectivity index (χ3n) is 14.2. The van der Waals surface area contributed by atoms with E-state index < -0.39 is 17.0 Å². The van der Waals surface area contributed by atoms with E-state index >= 15 is 0 Å². The summed E-state index contributed by atoms with van der Waals surface area (Å²) in [4.78, 5) is 25.1. The maximum Gasteiger partial charge on any atom is 0.309 e. The number of hydrogen-bond donors (Lipinski definition) is 2. The standard InChI is InChI=1S/C32H52O5/c1-19(33)37-25-18-21-20(27(2,3)36)12-16-28(21,4)24-11-10-23-29(5)14-9-15-30(6,26(34)35)22(29)13-17-31(23,7)32(24,25)8/h20-25,36H,9-18H2,1-8H3,(H,34,35)/t20-,21-,22+,23+,24+,25-,28-,29-,30-,31+,32-/m0/s1. The molecule has 0 radical (unpaired) electrons. The smallest absolute Gasteiger partial charge is 0.309 e. The molecule has 5 fully saturated rings. The van der Waals surface area contributed by atoms with Gasteiger partial charge in [-0.2, -0.15) is 0 Å². The molecule has 210 valence electrons. The van der Waals surface area contributed by atoms with Crippen LogP contribution in [0.3, 0.4) is 0 Å². The van der Waals surface area contributed by atoms with Crippen molar-refractivity contribution >= 4 is 11.9 Å². The highest BCUT2D eigenvalue weighted by molar-refractivity contribution is 5.75. The monoisotopic (exact) mass is 516 g/mol. The minimum absolute atomic E-state index is 0.0177. The van der Waals surface area contributed by atoms with Crippen LogP contribution in [0.5, 0.6) is 0 Å². The highest BCUT2D eigenvalue weighted by Gasteiger charge is 2.74. The molecule has 0 amide bonds. The van der Waals surface area contributed by atoms with Crippen molar-refractivity contribution in [3.63, 3.8) is 0 Å². The van der Waals surface area contributed by atoms with Gasteiger partial charge in [0.15, 0.2) is 0 Å². The lowest BCUT2D eigenvalue weighted by Crippen LogP contribution is -2.70. The van der Waals surface area contributed by atoms with Gasteiger partial charge in [0, 0.05) is 12.3 Å².